The molecule has 0 radical (unpaired) electrons. The summed E-state index contributed by atoms with van der Waals surface area (Å²) in [5, 5.41) is 12.7. The molecule has 150 valence electrons. The summed E-state index contributed by atoms with van der Waals surface area (Å²) in [6.07, 6.45) is -3.19. The van der Waals surface area contributed by atoms with Crippen molar-refractivity contribution in [3.05, 3.63) is 23.8 Å². The molecule has 0 aromatic heterocycles. The van der Waals surface area contributed by atoms with E-state index in [2.05, 4.69) is 22.2 Å². The molecule has 0 atom stereocenters. The van der Waals surface area contributed by atoms with Crippen LogP contribution in [0.5, 0.6) is 0 Å². The lowest BCUT2D eigenvalue weighted by molar-refractivity contribution is -0.182. The van der Waals surface area contributed by atoms with Crippen LogP contribution in [0.2, 0.25) is 0 Å². The number of carboxylic acids is 1. The Morgan fingerprint density at radius 2 is 1.74 bits per heavy atom. The van der Waals surface area contributed by atoms with Gasteiger partial charge in [-0.25, -0.2) is 4.79 Å². The summed E-state index contributed by atoms with van der Waals surface area (Å²) in [6, 6.07) is 5.08. The second-order valence-corrected chi connectivity index (χ2v) is 7.56. The molecule has 1 aromatic rings. The van der Waals surface area contributed by atoms with E-state index in [4.69, 9.17) is 0 Å². The van der Waals surface area contributed by atoms with Crippen LogP contribution in [0.3, 0.4) is 0 Å². The fraction of sp³-hybridized carbons (Fsp3) is 0.632. The van der Waals surface area contributed by atoms with Crippen molar-refractivity contribution in [2.75, 3.05) is 43.4 Å². The number of aromatic carboxylic acids is 1. The highest BCUT2D eigenvalue weighted by molar-refractivity contribution is 5.95. The van der Waals surface area contributed by atoms with Crippen LogP contribution in [-0.2, 0) is 0 Å². The van der Waals surface area contributed by atoms with Gasteiger partial charge in [0.1, 0.15) is 0 Å². The van der Waals surface area contributed by atoms with Gasteiger partial charge >= 0.3 is 12.1 Å². The number of rotatable bonds is 4. The van der Waals surface area contributed by atoms with Crippen LogP contribution in [0.25, 0.3) is 0 Å². The molecule has 1 saturated carbocycles. The third kappa shape index (κ3) is 4.86. The highest BCUT2D eigenvalue weighted by Gasteiger charge is 2.41. The first-order valence-corrected chi connectivity index (χ1v) is 9.38. The molecule has 0 spiro atoms. The molecule has 5 nitrogen and oxygen atoms in total. The number of likely N-dealkylation sites (N-methyl/N-ethyl adjacent to an activating group) is 1. The van der Waals surface area contributed by atoms with Crippen LogP contribution >= 0.6 is 0 Å². The fourth-order valence-corrected chi connectivity index (χ4v) is 3.88. The van der Waals surface area contributed by atoms with Gasteiger partial charge in [-0.1, -0.05) is 0 Å². The summed E-state index contributed by atoms with van der Waals surface area (Å²) in [6.45, 7) is 3.59. The van der Waals surface area contributed by atoms with Gasteiger partial charge in [0.2, 0.25) is 0 Å². The van der Waals surface area contributed by atoms with Crippen molar-refractivity contribution >= 4 is 17.3 Å². The molecule has 1 heterocycles. The zero-order valence-electron chi connectivity index (χ0n) is 15.4. The maximum atomic E-state index is 12.8. The molecule has 0 bridgehead atoms. The van der Waals surface area contributed by atoms with E-state index in [0.717, 1.165) is 31.9 Å². The van der Waals surface area contributed by atoms with E-state index in [-0.39, 0.29) is 24.4 Å². The lowest BCUT2D eigenvalue weighted by Gasteiger charge is -2.35. The van der Waals surface area contributed by atoms with Crippen molar-refractivity contribution in [2.45, 2.75) is 37.9 Å². The van der Waals surface area contributed by atoms with E-state index in [0.29, 0.717) is 18.5 Å². The molecule has 2 aliphatic rings. The maximum absolute atomic E-state index is 12.8. The number of hydrogen-bond donors (Lipinski definition) is 2. The number of alkyl halides is 3. The second kappa shape index (κ2) is 7.96. The lowest BCUT2D eigenvalue weighted by atomic mass is 9.85. The Kier molecular flexibility index (Phi) is 5.83. The van der Waals surface area contributed by atoms with Crippen molar-refractivity contribution in [2.24, 2.45) is 5.92 Å². The number of benzene rings is 1. The van der Waals surface area contributed by atoms with Crippen molar-refractivity contribution in [1.29, 1.82) is 0 Å². The standard InChI is InChI=1S/C19H26F3N3O2/c1-24-8-10-25(11-9-24)15-6-7-16(18(26)27)17(12-15)23-14-4-2-13(3-5-14)19(20,21)22/h6-7,12-14,23H,2-5,8-11H2,1H3,(H,26,27)/t13-,14+. The molecule has 2 fully saturated rings. The number of nitrogens with zero attached hydrogens (tertiary/aromatic N) is 2. The number of carbonyl (C=O) groups is 1. The SMILES string of the molecule is CN1CCN(c2ccc(C(=O)O)c(N[C@H]3CC[C@@H](C(F)(F)F)CC3)c2)CC1. The monoisotopic (exact) mass is 385 g/mol. The molecule has 27 heavy (non-hydrogen) atoms. The smallest absolute Gasteiger partial charge is 0.391 e. The maximum Gasteiger partial charge on any atom is 0.391 e. The molecule has 3 rings (SSSR count). The van der Waals surface area contributed by atoms with E-state index in [1.54, 1.807) is 12.1 Å². The Hall–Kier alpha value is -1.96. The molecule has 1 aliphatic heterocycles. The minimum absolute atomic E-state index is 0.0850. The highest BCUT2D eigenvalue weighted by atomic mass is 19.4. The van der Waals surface area contributed by atoms with E-state index >= 15 is 0 Å². The summed E-state index contributed by atoms with van der Waals surface area (Å²) in [4.78, 5) is 16.0. The van der Waals surface area contributed by atoms with Gasteiger partial charge in [0.05, 0.1) is 17.2 Å². The molecule has 1 aromatic carbocycles. The average molecular weight is 385 g/mol. The Morgan fingerprint density at radius 3 is 2.30 bits per heavy atom. The van der Waals surface area contributed by atoms with Crippen LogP contribution in [0.4, 0.5) is 24.5 Å². The van der Waals surface area contributed by atoms with Gasteiger partial charge in [-0.05, 0) is 50.9 Å². The lowest BCUT2D eigenvalue weighted by Crippen LogP contribution is -2.44. The van der Waals surface area contributed by atoms with E-state index < -0.39 is 18.1 Å². The first-order chi connectivity index (χ1) is 12.7. The Bertz CT molecular complexity index is 665. The quantitative estimate of drug-likeness (QED) is 0.828. The second-order valence-electron chi connectivity index (χ2n) is 7.56. The number of halogens is 3. The van der Waals surface area contributed by atoms with Gasteiger partial charge in [-0.15, -0.1) is 0 Å². The molecule has 2 N–H and O–H groups in total. The van der Waals surface area contributed by atoms with Crippen molar-refractivity contribution in [1.82, 2.24) is 4.90 Å². The molecule has 0 amide bonds. The highest BCUT2D eigenvalue weighted by Crippen LogP contribution is 2.38. The Balaban J connectivity index is 1.71. The van der Waals surface area contributed by atoms with Gasteiger partial charge in [-0.2, -0.15) is 13.2 Å². The topological polar surface area (TPSA) is 55.8 Å². The van der Waals surface area contributed by atoms with Gasteiger partial charge in [-0.3, -0.25) is 0 Å². The van der Waals surface area contributed by atoms with Crippen LogP contribution in [-0.4, -0.2) is 61.4 Å². The minimum Gasteiger partial charge on any atom is -0.478 e. The number of carboxylic acid groups (broad SMARTS) is 1. The van der Waals surface area contributed by atoms with E-state index in [9.17, 15) is 23.1 Å². The Morgan fingerprint density at radius 1 is 1.11 bits per heavy atom. The largest absolute Gasteiger partial charge is 0.478 e. The van der Waals surface area contributed by atoms with E-state index in [1.807, 2.05) is 6.07 Å². The summed E-state index contributed by atoms with van der Waals surface area (Å²) in [5.74, 6) is -2.28. The van der Waals surface area contributed by atoms with E-state index in [1.165, 1.54) is 0 Å². The zero-order valence-corrected chi connectivity index (χ0v) is 15.4. The number of hydrogen-bond acceptors (Lipinski definition) is 4. The summed E-state index contributed by atoms with van der Waals surface area (Å²) < 4.78 is 38.5. The third-order valence-corrected chi connectivity index (χ3v) is 5.65. The number of piperazine rings is 1. The normalized spacial score (nSPS) is 24.7. The van der Waals surface area contributed by atoms with Gasteiger partial charge in [0.15, 0.2) is 0 Å². The van der Waals surface area contributed by atoms with Gasteiger partial charge in [0, 0.05) is 37.9 Å². The molecular weight excluding hydrogens is 359 g/mol. The van der Waals surface area contributed by atoms with Crippen LogP contribution in [0.15, 0.2) is 18.2 Å². The number of nitrogens with one attached hydrogen (secondary N) is 1. The first kappa shape index (κ1) is 19.8. The van der Waals surface area contributed by atoms with Crippen LogP contribution < -0.4 is 10.2 Å². The Labute approximate surface area is 157 Å². The number of anilines is 2. The predicted molar refractivity (Wildman–Crippen MR) is 98.5 cm³/mol. The van der Waals surface area contributed by atoms with Crippen LogP contribution in [0.1, 0.15) is 36.0 Å². The molecule has 1 saturated heterocycles. The molecule has 0 unspecified atom stereocenters. The first-order valence-electron chi connectivity index (χ1n) is 9.38. The molecule has 8 heteroatoms. The summed E-state index contributed by atoms with van der Waals surface area (Å²) in [7, 11) is 2.06. The van der Waals surface area contributed by atoms with Crippen molar-refractivity contribution in [3.8, 4) is 0 Å². The average Bonchev–Trinajstić information content (AvgIpc) is 2.62. The fourth-order valence-electron chi connectivity index (χ4n) is 3.88. The van der Waals surface area contributed by atoms with Crippen molar-refractivity contribution in [3.63, 3.8) is 0 Å². The zero-order chi connectivity index (χ0) is 19.6. The van der Waals surface area contributed by atoms with Crippen molar-refractivity contribution < 1.29 is 23.1 Å². The van der Waals surface area contributed by atoms with Crippen LogP contribution in [0, 0.1) is 5.92 Å². The third-order valence-electron chi connectivity index (χ3n) is 5.65. The molecular formula is C19H26F3N3O2. The van der Waals surface area contributed by atoms with Gasteiger partial charge in [0.25, 0.3) is 0 Å². The predicted octanol–water partition coefficient (Wildman–Crippen LogP) is 3.67. The van der Waals surface area contributed by atoms with Gasteiger partial charge < -0.3 is 20.2 Å². The summed E-state index contributed by atoms with van der Waals surface area (Å²) in [5.41, 5.74) is 1.60. The minimum atomic E-state index is -4.14. The summed E-state index contributed by atoms with van der Waals surface area (Å²) >= 11 is 0. The molecule has 1 aliphatic carbocycles.